The van der Waals surface area contributed by atoms with E-state index >= 15 is 0 Å². The van der Waals surface area contributed by atoms with Crippen molar-refractivity contribution in [2.24, 2.45) is 5.92 Å². The van der Waals surface area contributed by atoms with Crippen LogP contribution in [0.4, 0.5) is 0 Å². The van der Waals surface area contributed by atoms with E-state index in [2.05, 4.69) is 117 Å². The van der Waals surface area contributed by atoms with Crippen molar-refractivity contribution >= 4 is 41.7 Å². The van der Waals surface area contributed by atoms with Gasteiger partial charge in [-0.1, -0.05) is 117 Å². The summed E-state index contributed by atoms with van der Waals surface area (Å²) in [5.74, 6) is 0.491. The van der Waals surface area contributed by atoms with Crippen LogP contribution in [0, 0.1) is 5.92 Å². The summed E-state index contributed by atoms with van der Waals surface area (Å²) < 4.78 is 7.32. The zero-order valence-corrected chi connectivity index (χ0v) is 20.6. The first kappa shape index (κ1) is 21.6. The van der Waals surface area contributed by atoms with E-state index in [9.17, 15) is 0 Å². The van der Waals surface area contributed by atoms with Crippen LogP contribution in [-0.4, -0.2) is 26.4 Å². The Kier molecular flexibility index (Phi) is 7.48. The van der Waals surface area contributed by atoms with Crippen LogP contribution in [0.2, 0.25) is 19.6 Å². The third-order valence-corrected chi connectivity index (χ3v) is 18.9. The number of hydrogen-bond donors (Lipinski definition) is 0. The summed E-state index contributed by atoms with van der Waals surface area (Å²) in [6, 6.07) is 22.1. The highest BCUT2D eigenvalue weighted by Crippen LogP contribution is 2.27. The quantitative estimate of drug-likeness (QED) is 0.389. The SMILES string of the molecule is CC(Br)CC(O[Si](c1ccccc1)(c1ccccc1)[Si](C)(C)C)C(C)C. The lowest BCUT2D eigenvalue weighted by Crippen LogP contribution is -2.76. The minimum absolute atomic E-state index is 0.253. The molecule has 0 aliphatic heterocycles. The summed E-state index contributed by atoms with van der Waals surface area (Å²) in [6.45, 7) is 14.2. The van der Waals surface area contributed by atoms with Crippen molar-refractivity contribution in [3.05, 3.63) is 60.7 Å². The Bertz CT molecular complexity index is 626. The highest BCUT2D eigenvalue weighted by atomic mass is 79.9. The fourth-order valence-corrected chi connectivity index (χ4v) is 16.6. The minimum Gasteiger partial charge on any atom is -0.408 e. The molecule has 142 valence electrons. The second-order valence-corrected chi connectivity index (χ2v) is 24.0. The second kappa shape index (κ2) is 9.00. The Morgan fingerprint density at radius 1 is 0.808 bits per heavy atom. The molecule has 0 amide bonds. The van der Waals surface area contributed by atoms with Gasteiger partial charge in [-0.2, -0.15) is 0 Å². The van der Waals surface area contributed by atoms with Gasteiger partial charge >= 0.3 is 0 Å². The maximum atomic E-state index is 7.32. The van der Waals surface area contributed by atoms with Gasteiger partial charge in [-0.25, -0.2) is 0 Å². The number of halogens is 1. The fourth-order valence-electron chi connectivity index (χ4n) is 3.69. The van der Waals surface area contributed by atoms with Gasteiger partial charge in [0.05, 0.1) is 7.59 Å². The van der Waals surface area contributed by atoms with E-state index < -0.39 is 15.4 Å². The Balaban J connectivity index is 2.67. The Morgan fingerprint density at radius 2 is 1.23 bits per heavy atom. The third kappa shape index (κ3) is 4.77. The molecule has 2 aromatic carbocycles. The molecule has 0 spiro atoms. The lowest BCUT2D eigenvalue weighted by Gasteiger charge is -2.45. The maximum absolute atomic E-state index is 7.32. The van der Waals surface area contributed by atoms with Crippen molar-refractivity contribution in [2.45, 2.75) is 57.8 Å². The molecule has 0 N–H and O–H groups in total. The van der Waals surface area contributed by atoms with E-state index in [0.29, 0.717) is 10.7 Å². The number of alkyl halides is 1. The van der Waals surface area contributed by atoms with Gasteiger partial charge in [0.2, 0.25) is 7.83 Å². The molecule has 0 fully saturated rings. The average molecular weight is 450 g/mol. The highest BCUT2D eigenvalue weighted by Gasteiger charge is 2.52. The van der Waals surface area contributed by atoms with Crippen molar-refractivity contribution in [3.8, 4) is 0 Å². The number of benzene rings is 2. The molecule has 0 bridgehead atoms. The number of hydrogen-bond acceptors (Lipinski definition) is 1. The average Bonchev–Trinajstić information content (AvgIpc) is 2.58. The third-order valence-electron chi connectivity index (χ3n) is 5.05. The summed E-state index contributed by atoms with van der Waals surface area (Å²) in [4.78, 5) is 0.454. The fraction of sp³-hybridized carbons (Fsp3) is 0.455. The van der Waals surface area contributed by atoms with Gasteiger partial charge in [-0.3, -0.25) is 0 Å². The summed E-state index contributed by atoms with van der Waals surface area (Å²) in [5.41, 5.74) is 0. The molecule has 2 aromatic rings. The summed E-state index contributed by atoms with van der Waals surface area (Å²) in [7, 11) is -4.00. The second-order valence-electron chi connectivity index (χ2n) is 8.58. The molecule has 0 aliphatic rings. The molecular weight excluding hydrogens is 416 g/mol. The van der Waals surface area contributed by atoms with E-state index in [1.54, 1.807) is 0 Å². The monoisotopic (exact) mass is 448 g/mol. The van der Waals surface area contributed by atoms with Gasteiger partial charge in [-0.05, 0) is 22.7 Å². The molecule has 0 saturated carbocycles. The van der Waals surface area contributed by atoms with Crippen molar-refractivity contribution in [2.75, 3.05) is 0 Å². The summed E-state index contributed by atoms with van der Waals surface area (Å²) >= 11 is 3.76. The molecule has 0 heterocycles. The Morgan fingerprint density at radius 3 is 1.54 bits per heavy atom. The number of rotatable bonds is 8. The standard InChI is InChI=1S/C22H33BrOSi2/c1-18(2)22(17-19(3)23)24-26(25(4,5)6,20-13-9-7-10-14-20)21-15-11-8-12-16-21/h7-16,18-19,22H,17H2,1-6H3. The molecule has 0 aliphatic carbocycles. The first-order chi connectivity index (χ1) is 12.2. The van der Waals surface area contributed by atoms with Crippen LogP contribution in [0.3, 0.4) is 0 Å². The van der Waals surface area contributed by atoms with E-state index in [1.807, 2.05) is 0 Å². The minimum atomic E-state index is -2.32. The van der Waals surface area contributed by atoms with Gasteiger partial charge in [0.25, 0.3) is 0 Å². The summed E-state index contributed by atoms with van der Waals surface area (Å²) in [5, 5.41) is 2.83. The van der Waals surface area contributed by atoms with E-state index in [4.69, 9.17) is 4.43 Å². The normalized spacial score (nSPS) is 15.1. The molecule has 0 aromatic heterocycles. The Labute approximate surface area is 170 Å². The van der Waals surface area contributed by atoms with Gasteiger partial charge in [-0.15, -0.1) is 0 Å². The lowest BCUT2D eigenvalue weighted by atomic mass is 10.0. The molecule has 0 radical (unpaired) electrons. The zero-order chi connectivity index (χ0) is 19.4. The van der Waals surface area contributed by atoms with E-state index in [1.165, 1.54) is 10.4 Å². The van der Waals surface area contributed by atoms with Crippen molar-refractivity contribution < 1.29 is 4.43 Å². The van der Waals surface area contributed by atoms with Crippen molar-refractivity contribution in [3.63, 3.8) is 0 Å². The predicted molar refractivity (Wildman–Crippen MR) is 124 cm³/mol. The molecular formula is C22H33BrOSi2. The van der Waals surface area contributed by atoms with Gasteiger partial charge in [0.1, 0.15) is 0 Å². The maximum Gasteiger partial charge on any atom is 0.240 e. The van der Waals surface area contributed by atoms with E-state index in [0.717, 1.165) is 6.42 Å². The van der Waals surface area contributed by atoms with E-state index in [-0.39, 0.29) is 6.10 Å². The zero-order valence-electron chi connectivity index (χ0n) is 17.0. The molecule has 4 heteroatoms. The van der Waals surface area contributed by atoms with Crippen LogP contribution in [0.5, 0.6) is 0 Å². The highest BCUT2D eigenvalue weighted by molar-refractivity contribution is 9.09. The molecule has 1 nitrogen and oxygen atoms in total. The first-order valence-corrected chi connectivity index (χ1v) is 16.9. The topological polar surface area (TPSA) is 9.23 Å². The van der Waals surface area contributed by atoms with Crippen LogP contribution in [0.15, 0.2) is 60.7 Å². The lowest BCUT2D eigenvalue weighted by molar-refractivity contribution is 0.143. The Hall–Kier alpha value is -0.686. The van der Waals surface area contributed by atoms with Crippen LogP contribution in [0.1, 0.15) is 27.2 Å². The molecule has 2 rings (SSSR count). The molecule has 0 saturated heterocycles. The van der Waals surface area contributed by atoms with Crippen LogP contribution in [-0.2, 0) is 4.43 Å². The van der Waals surface area contributed by atoms with Crippen LogP contribution < -0.4 is 10.4 Å². The smallest absolute Gasteiger partial charge is 0.240 e. The predicted octanol–water partition coefficient (Wildman–Crippen LogP) is 5.38. The largest absolute Gasteiger partial charge is 0.408 e. The summed E-state index contributed by atoms with van der Waals surface area (Å²) in [6.07, 6.45) is 1.29. The van der Waals surface area contributed by atoms with Gasteiger partial charge in [0, 0.05) is 10.9 Å². The van der Waals surface area contributed by atoms with Gasteiger partial charge in [0.15, 0.2) is 0 Å². The molecule has 26 heavy (non-hydrogen) atoms. The van der Waals surface area contributed by atoms with Gasteiger partial charge < -0.3 is 4.43 Å². The van der Waals surface area contributed by atoms with Crippen LogP contribution in [0.25, 0.3) is 0 Å². The van der Waals surface area contributed by atoms with Crippen molar-refractivity contribution in [1.29, 1.82) is 0 Å². The molecule has 2 atom stereocenters. The van der Waals surface area contributed by atoms with Crippen molar-refractivity contribution in [1.82, 2.24) is 0 Å². The first-order valence-electron chi connectivity index (χ1n) is 9.61. The van der Waals surface area contributed by atoms with Crippen LogP contribution >= 0.6 is 15.9 Å². The molecule has 2 unspecified atom stereocenters.